The molecule has 6 nitrogen and oxygen atoms in total. The molecule has 128 valence electrons. The minimum atomic E-state index is -1.10. The van der Waals surface area contributed by atoms with Crippen molar-refractivity contribution >= 4 is 23.4 Å². The zero-order chi connectivity index (χ0) is 17.9. The first-order valence-electron chi connectivity index (χ1n) is 7.72. The third kappa shape index (κ3) is 4.74. The Morgan fingerprint density at radius 2 is 1.83 bits per heavy atom. The summed E-state index contributed by atoms with van der Waals surface area (Å²) >= 11 is 0. The molecule has 23 heavy (non-hydrogen) atoms. The van der Waals surface area contributed by atoms with Crippen LogP contribution in [0, 0.1) is 11.3 Å². The summed E-state index contributed by atoms with van der Waals surface area (Å²) in [5.41, 5.74) is 1.77. The van der Waals surface area contributed by atoms with Crippen molar-refractivity contribution in [2.75, 3.05) is 6.54 Å². The number of hydrogen-bond acceptors (Lipinski definition) is 4. The zero-order valence-corrected chi connectivity index (χ0v) is 14.7. The SMILES string of the molecule is CC1=NCC(C)=C1C(=O)C[C@H](C(=O)N[C@@H](C)C(=O)O)C(C)(C)C. The summed E-state index contributed by atoms with van der Waals surface area (Å²) < 4.78 is 0. The Balaban J connectivity index is 2.95. The number of ketones is 1. The van der Waals surface area contributed by atoms with Crippen molar-refractivity contribution in [3.63, 3.8) is 0 Å². The number of aliphatic imine (C=N–C) groups is 1. The van der Waals surface area contributed by atoms with Gasteiger partial charge in [-0.05, 0) is 31.8 Å². The lowest BCUT2D eigenvalue weighted by Gasteiger charge is -2.30. The molecule has 2 atom stereocenters. The molecule has 0 aromatic rings. The van der Waals surface area contributed by atoms with E-state index in [0.717, 1.165) is 5.57 Å². The maximum atomic E-state index is 12.6. The van der Waals surface area contributed by atoms with Gasteiger partial charge in [-0.25, -0.2) is 0 Å². The Hall–Kier alpha value is -1.98. The van der Waals surface area contributed by atoms with Crippen LogP contribution in [0.15, 0.2) is 16.1 Å². The number of nitrogens with zero attached hydrogens (tertiary/aromatic N) is 1. The first kappa shape index (κ1) is 19.1. The fourth-order valence-corrected chi connectivity index (χ4v) is 2.60. The smallest absolute Gasteiger partial charge is 0.325 e. The maximum absolute atomic E-state index is 12.6. The molecule has 0 saturated carbocycles. The first-order valence-corrected chi connectivity index (χ1v) is 7.72. The minimum Gasteiger partial charge on any atom is -0.480 e. The van der Waals surface area contributed by atoms with Gasteiger partial charge in [0.25, 0.3) is 0 Å². The molecule has 0 bridgehead atoms. The van der Waals surface area contributed by atoms with E-state index in [4.69, 9.17) is 5.11 Å². The van der Waals surface area contributed by atoms with Crippen molar-refractivity contribution < 1.29 is 19.5 Å². The highest BCUT2D eigenvalue weighted by Crippen LogP contribution is 2.31. The van der Waals surface area contributed by atoms with Gasteiger partial charge in [0.05, 0.1) is 12.5 Å². The van der Waals surface area contributed by atoms with Crippen LogP contribution in [0.2, 0.25) is 0 Å². The van der Waals surface area contributed by atoms with Crippen molar-refractivity contribution in [2.24, 2.45) is 16.3 Å². The van der Waals surface area contributed by atoms with Gasteiger partial charge in [-0.15, -0.1) is 0 Å². The van der Waals surface area contributed by atoms with Crippen LogP contribution in [0.4, 0.5) is 0 Å². The number of carbonyl (C=O) groups is 3. The quantitative estimate of drug-likeness (QED) is 0.781. The lowest BCUT2D eigenvalue weighted by molar-refractivity contribution is -0.143. The van der Waals surface area contributed by atoms with E-state index in [2.05, 4.69) is 10.3 Å². The fraction of sp³-hybridized carbons (Fsp3) is 0.647. The Morgan fingerprint density at radius 1 is 1.26 bits per heavy atom. The van der Waals surface area contributed by atoms with Gasteiger partial charge in [0.2, 0.25) is 5.91 Å². The van der Waals surface area contributed by atoms with Crippen LogP contribution in [-0.2, 0) is 14.4 Å². The number of allylic oxidation sites excluding steroid dienone is 1. The second-order valence-corrected chi connectivity index (χ2v) is 7.17. The predicted octanol–water partition coefficient (Wildman–Crippen LogP) is 1.99. The highest BCUT2D eigenvalue weighted by atomic mass is 16.4. The molecule has 0 radical (unpaired) electrons. The van der Waals surface area contributed by atoms with Gasteiger partial charge in [-0.3, -0.25) is 19.4 Å². The number of aliphatic carboxylic acids is 1. The monoisotopic (exact) mass is 322 g/mol. The molecule has 0 fully saturated rings. The van der Waals surface area contributed by atoms with Crippen molar-refractivity contribution in [1.29, 1.82) is 0 Å². The van der Waals surface area contributed by atoms with Crippen molar-refractivity contribution in [1.82, 2.24) is 5.32 Å². The molecule has 1 rings (SSSR count). The van der Waals surface area contributed by atoms with Crippen molar-refractivity contribution in [3.8, 4) is 0 Å². The average Bonchev–Trinajstić information content (AvgIpc) is 2.73. The van der Waals surface area contributed by atoms with E-state index >= 15 is 0 Å². The van der Waals surface area contributed by atoms with E-state index in [1.165, 1.54) is 6.92 Å². The number of nitrogens with one attached hydrogen (secondary N) is 1. The van der Waals surface area contributed by atoms with E-state index in [0.29, 0.717) is 17.8 Å². The Bertz CT molecular complexity index is 582. The van der Waals surface area contributed by atoms with Crippen LogP contribution in [-0.4, -0.2) is 41.1 Å². The second kappa shape index (κ2) is 7.06. The standard InChI is InChI=1S/C17H26N2O4/c1-9-8-18-10(2)14(9)13(20)7-12(17(4,5)6)15(21)19-11(3)16(22)23/h11-12H,7-8H2,1-6H3,(H,19,21)(H,22,23)/t11-,12+/m0/s1. The number of amides is 1. The van der Waals surface area contributed by atoms with Crippen LogP contribution in [0.5, 0.6) is 0 Å². The van der Waals surface area contributed by atoms with Crippen LogP contribution in [0.25, 0.3) is 0 Å². The van der Waals surface area contributed by atoms with Gasteiger partial charge in [0, 0.05) is 17.7 Å². The predicted molar refractivity (Wildman–Crippen MR) is 88.5 cm³/mol. The van der Waals surface area contributed by atoms with Crippen LogP contribution in [0.1, 0.15) is 48.0 Å². The molecular weight excluding hydrogens is 296 g/mol. The van der Waals surface area contributed by atoms with Gasteiger partial charge >= 0.3 is 5.97 Å². The van der Waals surface area contributed by atoms with Gasteiger partial charge < -0.3 is 10.4 Å². The average molecular weight is 322 g/mol. The molecular formula is C17H26N2O4. The van der Waals surface area contributed by atoms with Crippen molar-refractivity contribution in [3.05, 3.63) is 11.1 Å². The van der Waals surface area contributed by atoms with Crippen LogP contribution >= 0.6 is 0 Å². The molecule has 1 heterocycles. The summed E-state index contributed by atoms with van der Waals surface area (Å²) in [4.78, 5) is 40.2. The molecule has 0 saturated heterocycles. The molecule has 0 aromatic heterocycles. The Kier molecular flexibility index (Phi) is 5.86. The topological polar surface area (TPSA) is 95.8 Å². The third-order valence-electron chi connectivity index (χ3n) is 4.10. The molecule has 0 unspecified atom stereocenters. The first-order chi connectivity index (χ1) is 10.4. The highest BCUT2D eigenvalue weighted by molar-refractivity contribution is 6.23. The number of carboxylic acid groups (broad SMARTS) is 1. The molecule has 6 heteroatoms. The summed E-state index contributed by atoms with van der Waals surface area (Å²) in [6.07, 6.45) is 0.0429. The van der Waals surface area contributed by atoms with E-state index < -0.39 is 29.3 Å². The lowest BCUT2D eigenvalue weighted by atomic mass is 9.76. The molecule has 1 aliphatic rings. The summed E-state index contributed by atoms with van der Waals surface area (Å²) in [6, 6.07) is -0.988. The maximum Gasteiger partial charge on any atom is 0.325 e. The van der Waals surface area contributed by atoms with Crippen LogP contribution in [0.3, 0.4) is 0 Å². The normalized spacial score (nSPS) is 17.6. The minimum absolute atomic E-state index is 0.0429. The second-order valence-electron chi connectivity index (χ2n) is 7.17. The number of carbonyl (C=O) groups excluding carboxylic acids is 2. The largest absolute Gasteiger partial charge is 0.480 e. The van der Waals surface area contributed by atoms with Crippen molar-refractivity contribution in [2.45, 2.75) is 54.0 Å². The van der Waals surface area contributed by atoms with Gasteiger partial charge in [-0.1, -0.05) is 20.8 Å². The van der Waals surface area contributed by atoms with Gasteiger partial charge in [0.15, 0.2) is 5.78 Å². The third-order valence-corrected chi connectivity index (χ3v) is 4.10. The molecule has 1 amide bonds. The highest BCUT2D eigenvalue weighted by Gasteiger charge is 2.36. The Morgan fingerprint density at radius 3 is 2.22 bits per heavy atom. The van der Waals surface area contributed by atoms with E-state index in [9.17, 15) is 14.4 Å². The van der Waals surface area contributed by atoms with E-state index in [1.807, 2.05) is 27.7 Å². The summed E-state index contributed by atoms with van der Waals surface area (Å²) in [5.74, 6) is -2.23. The fourth-order valence-electron chi connectivity index (χ4n) is 2.60. The number of carboxylic acids is 1. The molecule has 0 aromatic carbocycles. The molecule has 2 N–H and O–H groups in total. The molecule has 1 aliphatic heterocycles. The summed E-state index contributed by atoms with van der Waals surface area (Å²) in [5, 5.41) is 11.4. The zero-order valence-electron chi connectivity index (χ0n) is 14.7. The van der Waals surface area contributed by atoms with Gasteiger partial charge in [-0.2, -0.15) is 0 Å². The number of Topliss-reactive ketones (excluding diaryl/α,β-unsaturated/α-hetero) is 1. The van der Waals surface area contributed by atoms with Crippen LogP contribution < -0.4 is 5.32 Å². The van der Waals surface area contributed by atoms with E-state index in [1.54, 1.807) is 6.92 Å². The lowest BCUT2D eigenvalue weighted by Crippen LogP contribution is -2.45. The van der Waals surface area contributed by atoms with E-state index in [-0.39, 0.29) is 12.2 Å². The molecule has 0 spiro atoms. The number of rotatable bonds is 6. The number of hydrogen-bond donors (Lipinski definition) is 2. The molecule has 0 aliphatic carbocycles. The van der Waals surface area contributed by atoms with Gasteiger partial charge in [0.1, 0.15) is 6.04 Å². The Labute approximate surface area is 137 Å². The summed E-state index contributed by atoms with van der Waals surface area (Å²) in [6.45, 7) is 11.2. The summed E-state index contributed by atoms with van der Waals surface area (Å²) in [7, 11) is 0.